The molecule has 0 heterocycles. The van der Waals surface area contributed by atoms with Crippen molar-refractivity contribution in [1.82, 2.24) is 0 Å². The van der Waals surface area contributed by atoms with Crippen LogP contribution in [0.2, 0.25) is 0 Å². The number of hydrogen-bond acceptors (Lipinski definition) is 4. The van der Waals surface area contributed by atoms with Crippen LogP contribution in [0.1, 0.15) is 17.9 Å². The quantitative estimate of drug-likeness (QED) is 0.905. The Morgan fingerprint density at radius 1 is 1.25 bits per heavy atom. The summed E-state index contributed by atoms with van der Waals surface area (Å²) < 4.78 is 47.0. The fourth-order valence-corrected chi connectivity index (χ4v) is 1.69. The van der Waals surface area contributed by atoms with E-state index in [4.69, 9.17) is 19.8 Å². The Bertz CT molecular complexity index is 497. The van der Waals surface area contributed by atoms with Gasteiger partial charge in [-0.2, -0.15) is 18.4 Å². The molecule has 4 nitrogen and oxygen atoms in total. The summed E-state index contributed by atoms with van der Waals surface area (Å²) in [4.78, 5) is 0. The summed E-state index contributed by atoms with van der Waals surface area (Å²) in [5.41, 5.74) is 0.327. The molecule has 0 saturated carbocycles. The fraction of sp³-hybridized carbons (Fsp3) is 0.462. The van der Waals surface area contributed by atoms with Gasteiger partial charge in [-0.3, -0.25) is 0 Å². The molecule has 1 aromatic rings. The first-order chi connectivity index (χ1) is 9.33. The highest BCUT2D eigenvalue weighted by Gasteiger charge is 2.39. The van der Waals surface area contributed by atoms with Gasteiger partial charge in [-0.25, -0.2) is 0 Å². The minimum absolute atomic E-state index is 0.312. The minimum atomic E-state index is -4.74. The van der Waals surface area contributed by atoms with Crippen LogP contribution < -0.4 is 9.47 Å². The van der Waals surface area contributed by atoms with E-state index >= 15 is 0 Å². The Labute approximate surface area is 114 Å². The number of nitriles is 1. The summed E-state index contributed by atoms with van der Waals surface area (Å²) in [6.45, 7) is 0. The van der Waals surface area contributed by atoms with E-state index in [9.17, 15) is 13.2 Å². The molecule has 0 aliphatic carbocycles. The number of methoxy groups -OCH3 is 2. The topological polar surface area (TPSA) is 62.5 Å². The molecular formula is C13H14F3NO3. The lowest BCUT2D eigenvalue weighted by Crippen LogP contribution is -2.30. The monoisotopic (exact) mass is 289 g/mol. The number of hydrogen-bond donors (Lipinski definition) is 1. The number of aliphatic hydroxyl groups excluding tert-OH is 1. The Morgan fingerprint density at radius 3 is 2.30 bits per heavy atom. The lowest BCUT2D eigenvalue weighted by Gasteiger charge is -2.18. The second kappa shape index (κ2) is 6.48. The molecule has 1 rings (SSSR count). The largest absolute Gasteiger partial charge is 0.493 e. The summed E-state index contributed by atoms with van der Waals surface area (Å²) in [5, 5.41) is 18.0. The third-order valence-electron chi connectivity index (χ3n) is 2.80. The number of halogens is 3. The van der Waals surface area contributed by atoms with Crippen molar-refractivity contribution in [2.24, 2.45) is 0 Å². The molecule has 0 aliphatic heterocycles. The summed E-state index contributed by atoms with van der Waals surface area (Å²) in [7, 11) is 2.81. The molecule has 0 saturated heterocycles. The second-order valence-corrected chi connectivity index (χ2v) is 4.09. The summed E-state index contributed by atoms with van der Waals surface area (Å²) in [6, 6.07) is 6.15. The van der Waals surface area contributed by atoms with Crippen molar-refractivity contribution >= 4 is 0 Å². The average molecular weight is 289 g/mol. The zero-order valence-electron chi connectivity index (χ0n) is 10.9. The van der Waals surface area contributed by atoms with E-state index in [-0.39, 0.29) is 0 Å². The van der Waals surface area contributed by atoms with Crippen molar-refractivity contribution < 1.29 is 27.8 Å². The molecule has 0 amide bonds. The van der Waals surface area contributed by atoms with Crippen molar-refractivity contribution in [3.05, 3.63) is 23.8 Å². The van der Waals surface area contributed by atoms with Crippen LogP contribution in [0.4, 0.5) is 13.2 Å². The first kappa shape index (κ1) is 16.1. The standard InChI is InChI=1S/C13H14F3NO3/c1-19-10-4-3-8(5-11(10)20-2)9(7-17)6-12(18)13(14,15)16/h3-5,9,12,18H,6H2,1-2H3/t9?,12-/m0/s1. The number of alkyl halides is 3. The molecule has 1 unspecified atom stereocenters. The van der Waals surface area contributed by atoms with E-state index in [1.54, 1.807) is 6.07 Å². The third-order valence-corrected chi connectivity index (χ3v) is 2.80. The van der Waals surface area contributed by atoms with Crippen molar-refractivity contribution in [3.63, 3.8) is 0 Å². The maximum absolute atomic E-state index is 12.3. The van der Waals surface area contributed by atoms with Gasteiger partial charge in [-0.15, -0.1) is 0 Å². The maximum atomic E-state index is 12.3. The summed E-state index contributed by atoms with van der Waals surface area (Å²) in [6.07, 6.45) is -8.01. The molecule has 1 N–H and O–H groups in total. The molecule has 7 heteroatoms. The van der Waals surface area contributed by atoms with Gasteiger partial charge in [-0.1, -0.05) is 6.07 Å². The van der Waals surface area contributed by atoms with E-state index in [0.717, 1.165) is 0 Å². The SMILES string of the molecule is COc1ccc(C(C#N)C[C@H](O)C(F)(F)F)cc1OC. The Balaban J connectivity index is 2.99. The van der Waals surface area contributed by atoms with Crippen LogP contribution >= 0.6 is 0 Å². The lowest BCUT2D eigenvalue weighted by atomic mass is 9.94. The number of nitrogens with zero attached hydrogens (tertiary/aromatic N) is 1. The molecule has 0 bridgehead atoms. The van der Waals surface area contributed by atoms with Crippen LogP contribution in [0.3, 0.4) is 0 Å². The number of benzene rings is 1. The van der Waals surface area contributed by atoms with Gasteiger partial charge < -0.3 is 14.6 Å². The zero-order valence-corrected chi connectivity index (χ0v) is 10.9. The molecule has 0 fully saturated rings. The average Bonchev–Trinajstić information content (AvgIpc) is 2.42. The van der Waals surface area contributed by atoms with Crippen LogP contribution in [0, 0.1) is 11.3 Å². The highest BCUT2D eigenvalue weighted by atomic mass is 19.4. The molecule has 0 radical (unpaired) electrons. The summed E-state index contributed by atoms with van der Waals surface area (Å²) in [5.74, 6) is -0.373. The number of rotatable bonds is 5. The Hall–Kier alpha value is -1.94. The van der Waals surface area contributed by atoms with Gasteiger partial charge >= 0.3 is 6.18 Å². The summed E-state index contributed by atoms with van der Waals surface area (Å²) >= 11 is 0. The third kappa shape index (κ3) is 3.78. The predicted octanol–water partition coefficient (Wildman–Crippen LogP) is 2.62. The Morgan fingerprint density at radius 2 is 1.85 bits per heavy atom. The Kier molecular flexibility index (Phi) is 5.22. The molecule has 20 heavy (non-hydrogen) atoms. The highest BCUT2D eigenvalue weighted by molar-refractivity contribution is 5.45. The van der Waals surface area contributed by atoms with Crippen LogP contribution in [0.25, 0.3) is 0 Å². The first-order valence-corrected chi connectivity index (χ1v) is 5.69. The van der Waals surface area contributed by atoms with E-state index < -0.39 is 24.6 Å². The van der Waals surface area contributed by atoms with Crippen LogP contribution in [0.5, 0.6) is 11.5 Å². The second-order valence-electron chi connectivity index (χ2n) is 4.09. The molecule has 0 spiro atoms. The van der Waals surface area contributed by atoms with E-state index in [1.807, 2.05) is 0 Å². The molecule has 110 valence electrons. The number of aliphatic hydroxyl groups is 1. The van der Waals surface area contributed by atoms with Crippen molar-refractivity contribution in [3.8, 4) is 17.6 Å². The molecule has 1 aromatic carbocycles. The smallest absolute Gasteiger partial charge is 0.414 e. The van der Waals surface area contributed by atoms with Gasteiger partial charge in [0.25, 0.3) is 0 Å². The van der Waals surface area contributed by atoms with Gasteiger partial charge in [0.05, 0.1) is 26.2 Å². The van der Waals surface area contributed by atoms with Crippen molar-refractivity contribution in [2.75, 3.05) is 14.2 Å². The normalized spacial score (nSPS) is 14.2. The van der Waals surface area contributed by atoms with Crippen LogP contribution in [0.15, 0.2) is 18.2 Å². The van der Waals surface area contributed by atoms with Gasteiger partial charge in [0, 0.05) is 6.42 Å². The molecule has 0 aliphatic rings. The molecule has 2 atom stereocenters. The molecule has 0 aromatic heterocycles. The van der Waals surface area contributed by atoms with Crippen molar-refractivity contribution in [1.29, 1.82) is 5.26 Å². The van der Waals surface area contributed by atoms with Gasteiger partial charge in [0.2, 0.25) is 0 Å². The van der Waals surface area contributed by atoms with E-state index in [2.05, 4.69) is 0 Å². The van der Waals surface area contributed by atoms with Gasteiger partial charge in [0.1, 0.15) is 0 Å². The molecular weight excluding hydrogens is 275 g/mol. The highest BCUT2D eigenvalue weighted by Crippen LogP contribution is 2.34. The first-order valence-electron chi connectivity index (χ1n) is 5.69. The van der Waals surface area contributed by atoms with E-state index in [1.165, 1.54) is 32.4 Å². The van der Waals surface area contributed by atoms with E-state index in [0.29, 0.717) is 17.1 Å². The maximum Gasteiger partial charge on any atom is 0.414 e. The minimum Gasteiger partial charge on any atom is -0.493 e. The fourth-order valence-electron chi connectivity index (χ4n) is 1.69. The van der Waals surface area contributed by atoms with Crippen molar-refractivity contribution in [2.45, 2.75) is 24.6 Å². The number of ether oxygens (including phenoxy) is 2. The van der Waals surface area contributed by atoms with Gasteiger partial charge in [-0.05, 0) is 17.7 Å². The zero-order chi connectivity index (χ0) is 15.3. The van der Waals surface area contributed by atoms with Crippen LogP contribution in [-0.2, 0) is 0 Å². The van der Waals surface area contributed by atoms with Crippen LogP contribution in [-0.4, -0.2) is 31.6 Å². The lowest BCUT2D eigenvalue weighted by molar-refractivity contribution is -0.205. The van der Waals surface area contributed by atoms with Gasteiger partial charge in [0.15, 0.2) is 17.6 Å². The predicted molar refractivity (Wildman–Crippen MR) is 64.6 cm³/mol.